The van der Waals surface area contributed by atoms with E-state index in [4.69, 9.17) is 9.47 Å². The Bertz CT molecular complexity index is 918. The van der Waals surface area contributed by atoms with Gasteiger partial charge in [0.1, 0.15) is 11.5 Å². The molecule has 2 N–H and O–H groups in total. The van der Waals surface area contributed by atoms with E-state index in [0.29, 0.717) is 11.5 Å². The van der Waals surface area contributed by atoms with Crippen LogP contribution in [0.25, 0.3) is 0 Å². The summed E-state index contributed by atoms with van der Waals surface area (Å²) in [4.78, 5) is 25.5. The number of sulfonamides is 1. The summed E-state index contributed by atoms with van der Waals surface area (Å²) in [6, 6.07) is 9.47. The zero-order chi connectivity index (χ0) is 20.0. The van der Waals surface area contributed by atoms with E-state index in [1.807, 2.05) is 4.83 Å². The summed E-state index contributed by atoms with van der Waals surface area (Å²) in [6.07, 6.45) is 0. The molecule has 2 aromatic carbocycles. The summed E-state index contributed by atoms with van der Waals surface area (Å²) in [7, 11) is 0.0349. The topological polar surface area (TPSA) is 120 Å². The zero-order valence-corrected chi connectivity index (χ0v) is 15.6. The molecule has 0 spiro atoms. The van der Waals surface area contributed by atoms with Gasteiger partial charge in [-0.25, -0.2) is 13.2 Å². The number of esters is 1. The van der Waals surface area contributed by atoms with Crippen molar-refractivity contribution >= 4 is 21.9 Å². The summed E-state index contributed by atoms with van der Waals surface area (Å²) in [5.41, 5.74) is 2.44. The molecule has 0 saturated carbocycles. The largest absolute Gasteiger partial charge is 0.497 e. The fourth-order valence-corrected chi connectivity index (χ4v) is 2.91. The van der Waals surface area contributed by atoms with E-state index in [1.165, 1.54) is 57.7 Å². The van der Waals surface area contributed by atoms with Gasteiger partial charge < -0.3 is 14.2 Å². The maximum Gasteiger partial charge on any atom is 0.337 e. The Morgan fingerprint density at radius 2 is 1.41 bits per heavy atom. The second kappa shape index (κ2) is 8.52. The molecule has 0 bridgehead atoms. The predicted octanol–water partition coefficient (Wildman–Crippen LogP) is 1.11. The van der Waals surface area contributed by atoms with Crippen molar-refractivity contribution in [2.45, 2.75) is 4.90 Å². The number of carbonyl (C=O) groups excluding carboxylic acids is 2. The Labute approximate surface area is 156 Å². The highest BCUT2D eigenvalue weighted by atomic mass is 32.2. The van der Waals surface area contributed by atoms with Crippen LogP contribution in [0.3, 0.4) is 0 Å². The van der Waals surface area contributed by atoms with Crippen LogP contribution in [0.1, 0.15) is 20.7 Å². The summed E-state index contributed by atoms with van der Waals surface area (Å²) < 4.78 is 39.2. The van der Waals surface area contributed by atoms with Crippen molar-refractivity contribution in [1.82, 2.24) is 10.3 Å². The lowest BCUT2D eigenvalue weighted by molar-refractivity contribution is 0.0600. The van der Waals surface area contributed by atoms with Gasteiger partial charge in [-0.3, -0.25) is 10.2 Å². The lowest BCUT2D eigenvalue weighted by Crippen LogP contribution is -2.41. The number of hydrazine groups is 1. The third kappa shape index (κ3) is 4.96. The van der Waals surface area contributed by atoms with Crippen LogP contribution >= 0.6 is 0 Å². The third-order valence-corrected chi connectivity index (χ3v) is 4.76. The molecule has 0 atom stereocenters. The van der Waals surface area contributed by atoms with Gasteiger partial charge in [0.05, 0.1) is 31.8 Å². The summed E-state index contributed by atoms with van der Waals surface area (Å²) >= 11 is 0. The molecule has 0 aliphatic carbocycles. The number of hydrogen-bond donors (Lipinski definition) is 2. The smallest absolute Gasteiger partial charge is 0.337 e. The molecule has 27 heavy (non-hydrogen) atoms. The molecule has 0 heterocycles. The summed E-state index contributed by atoms with van der Waals surface area (Å²) in [5, 5.41) is 0. The van der Waals surface area contributed by atoms with Gasteiger partial charge in [-0.1, -0.05) is 0 Å². The van der Waals surface area contributed by atoms with E-state index in [9.17, 15) is 18.0 Å². The number of methoxy groups -OCH3 is 3. The Hall–Kier alpha value is -3.11. The van der Waals surface area contributed by atoms with Crippen LogP contribution in [0.4, 0.5) is 0 Å². The molecule has 0 radical (unpaired) electrons. The van der Waals surface area contributed by atoms with Gasteiger partial charge in [0.2, 0.25) is 0 Å². The zero-order valence-electron chi connectivity index (χ0n) is 14.8. The number of benzene rings is 2. The van der Waals surface area contributed by atoms with Crippen molar-refractivity contribution in [3.8, 4) is 11.5 Å². The van der Waals surface area contributed by atoms with E-state index in [0.717, 1.165) is 0 Å². The van der Waals surface area contributed by atoms with Gasteiger partial charge in [-0.05, 0) is 36.4 Å². The van der Waals surface area contributed by atoms with Crippen molar-refractivity contribution in [2.75, 3.05) is 21.3 Å². The quantitative estimate of drug-likeness (QED) is 0.533. The van der Waals surface area contributed by atoms with Crippen LogP contribution < -0.4 is 19.7 Å². The van der Waals surface area contributed by atoms with Gasteiger partial charge in [0.25, 0.3) is 15.9 Å². The van der Waals surface area contributed by atoms with Gasteiger partial charge in [-0.15, -0.1) is 4.83 Å². The van der Waals surface area contributed by atoms with E-state index in [1.54, 1.807) is 6.07 Å². The van der Waals surface area contributed by atoms with Crippen LogP contribution in [-0.4, -0.2) is 41.6 Å². The minimum atomic E-state index is -4.04. The molecule has 0 aromatic heterocycles. The van der Waals surface area contributed by atoms with Crippen LogP contribution in [0.2, 0.25) is 0 Å². The molecular formula is C17H18N2O7S. The molecule has 9 nitrogen and oxygen atoms in total. The van der Waals surface area contributed by atoms with Crippen LogP contribution in [0.15, 0.2) is 47.4 Å². The number of ether oxygens (including phenoxy) is 3. The van der Waals surface area contributed by atoms with E-state index in [-0.39, 0.29) is 16.0 Å². The van der Waals surface area contributed by atoms with Crippen LogP contribution in [0, 0.1) is 0 Å². The molecule has 0 aliphatic rings. The molecule has 2 rings (SSSR count). The summed E-state index contributed by atoms with van der Waals surface area (Å²) in [6.45, 7) is 0. The fourth-order valence-electron chi connectivity index (χ4n) is 2.07. The van der Waals surface area contributed by atoms with Gasteiger partial charge in [0, 0.05) is 11.6 Å². The van der Waals surface area contributed by atoms with E-state index >= 15 is 0 Å². The molecule has 144 valence electrons. The number of carbonyl (C=O) groups is 2. The third-order valence-electron chi connectivity index (χ3n) is 3.50. The maximum absolute atomic E-state index is 12.3. The maximum atomic E-state index is 12.3. The standard InChI is InChI=1S/C17H18N2O7S/c1-24-13-8-12(9-14(10-13)25-2)16(20)18-19-27(22,23)15-6-4-11(5-7-15)17(21)26-3/h4-10,19H,1-3H3,(H,18,20). The van der Waals surface area contributed by atoms with Crippen LogP contribution in [0.5, 0.6) is 11.5 Å². The van der Waals surface area contributed by atoms with Gasteiger partial charge in [-0.2, -0.15) is 0 Å². The molecule has 0 saturated heterocycles. The predicted molar refractivity (Wildman–Crippen MR) is 95.1 cm³/mol. The highest BCUT2D eigenvalue weighted by Gasteiger charge is 2.17. The average molecular weight is 394 g/mol. The number of nitrogens with one attached hydrogen (secondary N) is 2. The van der Waals surface area contributed by atoms with Gasteiger partial charge >= 0.3 is 5.97 Å². The minimum absolute atomic E-state index is 0.134. The summed E-state index contributed by atoms with van der Waals surface area (Å²) in [5.74, 6) is -0.546. The SMILES string of the molecule is COC(=O)c1ccc(S(=O)(=O)NNC(=O)c2cc(OC)cc(OC)c2)cc1. The average Bonchev–Trinajstić information content (AvgIpc) is 2.70. The Balaban J connectivity index is 2.12. The first-order chi connectivity index (χ1) is 12.8. The van der Waals surface area contributed by atoms with Crippen LogP contribution in [-0.2, 0) is 14.8 Å². The molecule has 2 aromatic rings. The van der Waals surface area contributed by atoms with E-state index in [2.05, 4.69) is 10.2 Å². The van der Waals surface area contributed by atoms with Crippen molar-refractivity contribution < 1.29 is 32.2 Å². The number of hydrogen-bond acceptors (Lipinski definition) is 7. The highest BCUT2D eigenvalue weighted by Crippen LogP contribution is 2.22. The normalized spacial score (nSPS) is 10.8. The first kappa shape index (κ1) is 20.2. The van der Waals surface area contributed by atoms with Crippen molar-refractivity contribution in [2.24, 2.45) is 0 Å². The Morgan fingerprint density at radius 1 is 0.852 bits per heavy atom. The second-order valence-electron chi connectivity index (χ2n) is 5.18. The second-order valence-corrected chi connectivity index (χ2v) is 6.86. The Kier molecular flexibility index (Phi) is 6.37. The Morgan fingerprint density at radius 3 is 1.89 bits per heavy atom. The molecule has 0 unspecified atom stereocenters. The minimum Gasteiger partial charge on any atom is -0.497 e. The lowest BCUT2D eigenvalue weighted by atomic mass is 10.2. The molecule has 0 fully saturated rings. The van der Waals surface area contributed by atoms with Crippen molar-refractivity contribution in [1.29, 1.82) is 0 Å². The first-order valence-corrected chi connectivity index (χ1v) is 9.02. The fraction of sp³-hybridized carbons (Fsp3) is 0.176. The molecule has 10 heteroatoms. The monoisotopic (exact) mass is 394 g/mol. The molecule has 0 aliphatic heterocycles. The van der Waals surface area contributed by atoms with Crippen molar-refractivity contribution in [3.63, 3.8) is 0 Å². The number of amides is 1. The first-order valence-electron chi connectivity index (χ1n) is 7.54. The molecular weight excluding hydrogens is 376 g/mol. The lowest BCUT2D eigenvalue weighted by Gasteiger charge is -2.11. The number of rotatable bonds is 7. The van der Waals surface area contributed by atoms with Gasteiger partial charge in [0.15, 0.2) is 0 Å². The highest BCUT2D eigenvalue weighted by molar-refractivity contribution is 7.89. The molecule has 1 amide bonds. The van der Waals surface area contributed by atoms with E-state index < -0.39 is 21.9 Å². The van der Waals surface area contributed by atoms with Crippen molar-refractivity contribution in [3.05, 3.63) is 53.6 Å².